The van der Waals surface area contributed by atoms with Crippen molar-refractivity contribution >= 4 is 28.3 Å². The summed E-state index contributed by atoms with van der Waals surface area (Å²) in [6, 6.07) is 28.1. The van der Waals surface area contributed by atoms with E-state index >= 15 is 0 Å². The summed E-state index contributed by atoms with van der Waals surface area (Å²) < 4.78 is 11.5. The van der Waals surface area contributed by atoms with Crippen LogP contribution in [0, 0.1) is 5.92 Å². The van der Waals surface area contributed by atoms with Crippen molar-refractivity contribution in [1.29, 1.82) is 0 Å². The van der Waals surface area contributed by atoms with Crippen LogP contribution in [0.2, 0.25) is 0 Å². The van der Waals surface area contributed by atoms with Crippen LogP contribution in [0.4, 0.5) is 11.5 Å². The quantitative estimate of drug-likeness (QED) is 0.304. The molecule has 0 unspecified atom stereocenters. The minimum absolute atomic E-state index is 0.115. The Morgan fingerprint density at radius 1 is 0.892 bits per heavy atom. The van der Waals surface area contributed by atoms with Crippen LogP contribution in [0.1, 0.15) is 25.3 Å². The van der Waals surface area contributed by atoms with Gasteiger partial charge in [0.2, 0.25) is 0 Å². The first-order chi connectivity index (χ1) is 18.2. The van der Waals surface area contributed by atoms with Crippen LogP contribution in [0.3, 0.4) is 0 Å². The molecule has 0 aliphatic carbocycles. The normalized spacial score (nSPS) is 13.9. The van der Waals surface area contributed by atoms with E-state index in [-0.39, 0.29) is 12.5 Å². The van der Waals surface area contributed by atoms with Gasteiger partial charge in [-0.3, -0.25) is 4.79 Å². The zero-order valence-electron chi connectivity index (χ0n) is 21.2. The first kappa shape index (κ1) is 24.6. The van der Waals surface area contributed by atoms with Gasteiger partial charge in [-0.1, -0.05) is 54.6 Å². The molecule has 0 radical (unpaired) electrons. The van der Waals surface area contributed by atoms with Crippen molar-refractivity contribution in [1.82, 2.24) is 4.98 Å². The largest absolute Gasteiger partial charge is 0.492 e. The van der Waals surface area contributed by atoms with E-state index in [0.29, 0.717) is 29.7 Å². The average molecular weight is 496 g/mol. The number of ether oxygens (including phenoxy) is 2. The number of hydrogen-bond donors (Lipinski definition) is 1. The van der Waals surface area contributed by atoms with E-state index in [1.165, 1.54) is 5.56 Å². The summed E-state index contributed by atoms with van der Waals surface area (Å²) in [7, 11) is 0. The Bertz CT molecular complexity index is 1330. The van der Waals surface area contributed by atoms with Crippen molar-refractivity contribution in [3.8, 4) is 11.5 Å². The van der Waals surface area contributed by atoms with Gasteiger partial charge in [0.05, 0.1) is 12.3 Å². The van der Waals surface area contributed by atoms with Gasteiger partial charge in [-0.2, -0.15) is 0 Å². The number of rotatable bonds is 9. The Morgan fingerprint density at radius 2 is 1.65 bits per heavy atom. The van der Waals surface area contributed by atoms with Crippen LogP contribution in [-0.2, 0) is 11.2 Å². The summed E-state index contributed by atoms with van der Waals surface area (Å²) in [6.07, 6.45) is 3.43. The number of carbonyl (C=O) groups is 1. The molecule has 1 fully saturated rings. The van der Waals surface area contributed by atoms with Gasteiger partial charge in [-0.15, -0.1) is 0 Å². The fourth-order valence-corrected chi connectivity index (χ4v) is 4.90. The molecule has 3 aromatic carbocycles. The Balaban J connectivity index is 1.23. The minimum Gasteiger partial charge on any atom is -0.492 e. The molecule has 0 spiro atoms. The van der Waals surface area contributed by atoms with Crippen LogP contribution in [0.25, 0.3) is 10.9 Å². The summed E-state index contributed by atoms with van der Waals surface area (Å²) in [5.74, 6) is 2.65. The lowest BCUT2D eigenvalue weighted by Gasteiger charge is -2.33. The van der Waals surface area contributed by atoms with Crippen molar-refractivity contribution in [3.05, 3.63) is 90.5 Å². The fourth-order valence-electron chi connectivity index (χ4n) is 4.90. The molecule has 1 N–H and O–H groups in total. The maximum Gasteiger partial charge on any atom is 0.262 e. The van der Waals surface area contributed by atoms with Crippen molar-refractivity contribution in [3.63, 3.8) is 0 Å². The predicted molar refractivity (Wildman–Crippen MR) is 149 cm³/mol. The number of para-hydroxylation sites is 3. The highest BCUT2D eigenvalue weighted by Crippen LogP contribution is 2.30. The van der Waals surface area contributed by atoms with Gasteiger partial charge < -0.3 is 19.7 Å². The summed E-state index contributed by atoms with van der Waals surface area (Å²) >= 11 is 0. The number of anilines is 2. The van der Waals surface area contributed by atoms with Crippen LogP contribution < -0.4 is 19.7 Å². The maximum absolute atomic E-state index is 12.6. The highest BCUT2D eigenvalue weighted by molar-refractivity contribution is 5.94. The topological polar surface area (TPSA) is 63.7 Å². The number of benzene rings is 3. The van der Waals surface area contributed by atoms with Gasteiger partial charge in [0.25, 0.3) is 5.91 Å². The van der Waals surface area contributed by atoms with Gasteiger partial charge in [0.1, 0.15) is 22.8 Å². The third kappa shape index (κ3) is 6.20. The van der Waals surface area contributed by atoms with E-state index < -0.39 is 0 Å². The Kier molecular flexibility index (Phi) is 7.84. The third-order valence-corrected chi connectivity index (χ3v) is 6.79. The van der Waals surface area contributed by atoms with Crippen molar-refractivity contribution < 1.29 is 14.3 Å². The molecule has 0 bridgehead atoms. The standard InChI is InChI=1S/C31H33N3O3/c1-2-36-27-13-7-6-12-26(27)32-30(35)22-37-28-14-8-11-25-15-16-29(33-31(25)28)34-19-17-24(18-20-34)21-23-9-4-3-5-10-23/h3-16,24H,2,17-22H2,1H3,(H,32,35). The van der Waals surface area contributed by atoms with Gasteiger partial charge in [0, 0.05) is 18.5 Å². The van der Waals surface area contributed by atoms with Gasteiger partial charge in [0.15, 0.2) is 6.61 Å². The zero-order chi connectivity index (χ0) is 25.5. The number of amides is 1. The number of fused-ring (bicyclic) bond motifs is 1. The lowest BCUT2D eigenvalue weighted by molar-refractivity contribution is -0.118. The lowest BCUT2D eigenvalue weighted by Crippen LogP contribution is -2.34. The number of aromatic nitrogens is 1. The van der Waals surface area contributed by atoms with Crippen molar-refractivity contribution in [2.45, 2.75) is 26.2 Å². The van der Waals surface area contributed by atoms with E-state index in [1.54, 1.807) is 0 Å². The van der Waals surface area contributed by atoms with Crippen LogP contribution >= 0.6 is 0 Å². The first-order valence-electron chi connectivity index (χ1n) is 13.0. The van der Waals surface area contributed by atoms with E-state index in [4.69, 9.17) is 14.5 Å². The summed E-state index contributed by atoms with van der Waals surface area (Å²) in [6.45, 7) is 4.30. The molecule has 0 saturated carbocycles. The molecular formula is C31H33N3O3. The number of nitrogens with one attached hydrogen (secondary N) is 1. The molecule has 4 aromatic rings. The zero-order valence-corrected chi connectivity index (χ0v) is 21.2. The molecule has 1 aromatic heterocycles. The highest BCUT2D eigenvalue weighted by Gasteiger charge is 2.21. The molecular weight excluding hydrogens is 462 g/mol. The molecule has 6 heteroatoms. The second kappa shape index (κ2) is 11.8. The Labute approximate surface area is 218 Å². The molecule has 2 heterocycles. The lowest BCUT2D eigenvalue weighted by atomic mass is 9.90. The molecule has 0 atom stereocenters. The van der Waals surface area contributed by atoms with Gasteiger partial charge in [-0.25, -0.2) is 4.98 Å². The number of hydrogen-bond acceptors (Lipinski definition) is 5. The highest BCUT2D eigenvalue weighted by atomic mass is 16.5. The molecule has 1 aliphatic heterocycles. The average Bonchev–Trinajstić information content (AvgIpc) is 2.94. The number of pyridine rings is 1. The molecule has 1 aliphatic rings. The van der Waals surface area contributed by atoms with Gasteiger partial charge in [-0.05, 0) is 68.0 Å². The van der Waals surface area contributed by atoms with E-state index in [2.05, 4.69) is 52.7 Å². The van der Waals surface area contributed by atoms with E-state index in [0.717, 1.165) is 49.1 Å². The van der Waals surface area contributed by atoms with Gasteiger partial charge >= 0.3 is 0 Å². The molecule has 6 nitrogen and oxygen atoms in total. The molecule has 1 saturated heterocycles. The summed E-state index contributed by atoms with van der Waals surface area (Å²) in [4.78, 5) is 19.9. The van der Waals surface area contributed by atoms with E-state index in [1.807, 2.05) is 49.4 Å². The molecule has 37 heavy (non-hydrogen) atoms. The fraction of sp³-hybridized carbons (Fsp3) is 0.290. The smallest absolute Gasteiger partial charge is 0.262 e. The van der Waals surface area contributed by atoms with E-state index in [9.17, 15) is 4.79 Å². The van der Waals surface area contributed by atoms with Crippen molar-refractivity contribution in [2.24, 2.45) is 5.92 Å². The predicted octanol–water partition coefficient (Wildman–Crippen LogP) is 6.11. The SMILES string of the molecule is CCOc1ccccc1NC(=O)COc1cccc2ccc(N3CCC(Cc4ccccc4)CC3)nc12. The van der Waals surface area contributed by atoms with Crippen LogP contribution in [0.5, 0.6) is 11.5 Å². The second-order valence-corrected chi connectivity index (χ2v) is 9.38. The monoisotopic (exact) mass is 495 g/mol. The molecule has 1 amide bonds. The second-order valence-electron chi connectivity index (χ2n) is 9.38. The van der Waals surface area contributed by atoms with Crippen LogP contribution in [-0.4, -0.2) is 37.2 Å². The molecule has 190 valence electrons. The Morgan fingerprint density at radius 3 is 2.46 bits per heavy atom. The Hall–Kier alpha value is -4.06. The maximum atomic E-state index is 12.6. The van der Waals surface area contributed by atoms with Crippen molar-refractivity contribution in [2.75, 3.05) is 36.5 Å². The minimum atomic E-state index is -0.249. The summed E-state index contributed by atoms with van der Waals surface area (Å²) in [5, 5.41) is 3.87. The number of piperidine rings is 1. The summed E-state index contributed by atoms with van der Waals surface area (Å²) in [5.41, 5.74) is 2.82. The molecule has 5 rings (SSSR count). The third-order valence-electron chi connectivity index (χ3n) is 6.79. The van der Waals surface area contributed by atoms with Crippen LogP contribution in [0.15, 0.2) is 84.9 Å². The number of carbonyl (C=O) groups excluding carboxylic acids is 1. The number of nitrogens with zero attached hydrogens (tertiary/aromatic N) is 2. The first-order valence-corrected chi connectivity index (χ1v) is 13.0.